The summed E-state index contributed by atoms with van der Waals surface area (Å²) < 4.78 is 16.6. The van der Waals surface area contributed by atoms with Crippen molar-refractivity contribution in [3.63, 3.8) is 0 Å². The fourth-order valence-corrected chi connectivity index (χ4v) is 2.11. The van der Waals surface area contributed by atoms with Crippen LogP contribution in [0.25, 0.3) is 0 Å². The minimum absolute atomic E-state index is 0.362. The Labute approximate surface area is 107 Å². The van der Waals surface area contributed by atoms with Gasteiger partial charge in [0.1, 0.15) is 5.60 Å². The van der Waals surface area contributed by atoms with Gasteiger partial charge in [0.15, 0.2) is 0 Å². The van der Waals surface area contributed by atoms with E-state index in [1.807, 2.05) is 12.1 Å². The first-order valence-corrected chi connectivity index (χ1v) is 6.19. The number of rotatable bonds is 5. The van der Waals surface area contributed by atoms with Gasteiger partial charge in [-0.15, -0.1) is 0 Å². The lowest BCUT2D eigenvalue weighted by Crippen LogP contribution is -2.47. The van der Waals surface area contributed by atoms with Crippen LogP contribution in [0.5, 0.6) is 5.88 Å². The summed E-state index contributed by atoms with van der Waals surface area (Å²) in [4.78, 5) is 4.14. The predicted octanol–water partition coefficient (Wildman–Crippen LogP) is 1.11. The van der Waals surface area contributed by atoms with Crippen LogP contribution in [-0.4, -0.2) is 37.5 Å². The Balaban J connectivity index is 2.01. The fourth-order valence-electron chi connectivity index (χ4n) is 2.11. The summed E-state index contributed by atoms with van der Waals surface area (Å²) in [6.45, 7) is 2.26. The zero-order valence-electron chi connectivity index (χ0n) is 10.7. The van der Waals surface area contributed by atoms with Crippen molar-refractivity contribution >= 4 is 0 Å². The van der Waals surface area contributed by atoms with Crippen molar-refractivity contribution in [2.24, 2.45) is 5.73 Å². The van der Waals surface area contributed by atoms with Crippen LogP contribution < -0.4 is 10.5 Å². The molecular weight excluding hydrogens is 232 g/mol. The van der Waals surface area contributed by atoms with Gasteiger partial charge >= 0.3 is 0 Å². The zero-order valence-corrected chi connectivity index (χ0v) is 10.7. The molecule has 1 aromatic rings. The third-order valence-corrected chi connectivity index (χ3v) is 3.24. The molecule has 0 bridgehead atoms. The second kappa shape index (κ2) is 6.13. The highest BCUT2D eigenvalue weighted by Crippen LogP contribution is 2.25. The Morgan fingerprint density at radius 1 is 1.56 bits per heavy atom. The van der Waals surface area contributed by atoms with Gasteiger partial charge in [0.05, 0.1) is 20.3 Å². The molecule has 1 saturated heterocycles. The van der Waals surface area contributed by atoms with Crippen LogP contribution >= 0.6 is 0 Å². The highest BCUT2D eigenvalue weighted by atomic mass is 16.5. The minimum Gasteiger partial charge on any atom is -0.481 e. The van der Waals surface area contributed by atoms with Gasteiger partial charge < -0.3 is 19.9 Å². The SMILES string of the molecule is COc1ncccc1COC1(CN)CCCOC1. The quantitative estimate of drug-likeness (QED) is 0.850. The van der Waals surface area contributed by atoms with Crippen LogP contribution in [0.3, 0.4) is 0 Å². The van der Waals surface area contributed by atoms with Crippen LogP contribution in [0.2, 0.25) is 0 Å². The summed E-state index contributed by atoms with van der Waals surface area (Å²) in [5.41, 5.74) is 6.39. The first kappa shape index (κ1) is 13.3. The van der Waals surface area contributed by atoms with Crippen LogP contribution in [0.15, 0.2) is 18.3 Å². The van der Waals surface area contributed by atoms with Crippen molar-refractivity contribution in [2.75, 3.05) is 26.9 Å². The Bertz CT molecular complexity index is 378. The molecule has 1 aliphatic heterocycles. The molecule has 18 heavy (non-hydrogen) atoms. The van der Waals surface area contributed by atoms with Gasteiger partial charge in [0.2, 0.25) is 5.88 Å². The van der Waals surface area contributed by atoms with Crippen LogP contribution in [0, 0.1) is 0 Å². The van der Waals surface area contributed by atoms with Crippen LogP contribution in [0.1, 0.15) is 18.4 Å². The molecule has 0 amide bonds. The predicted molar refractivity (Wildman–Crippen MR) is 67.4 cm³/mol. The lowest BCUT2D eigenvalue weighted by atomic mass is 9.96. The summed E-state index contributed by atoms with van der Waals surface area (Å²) >= 11 is 0. The first-order valence-electron chi connectivity index (χ1n) is 6.19. The summed E-state index contributed by atoms with van der Waals surface area (Å²) in [7, 11) is 1.61. The third kappa shape index (κ3) is 2.98. The molecule has 0 aromatic carbocycles. The lowest BCUT2D eigenvalue weighted by molar-refractivity contribution is -0.130. The maximum atomic E-state index is 5.98. The van der Waals surface area contributed by atoms with Crippen molar-refractivity contribution < 1.29 is 14.2 Å². The lowest BCUT2D eigenvalue weighted by Gasteiger charge is -2.35. The molecule has 5 heteroatoms. The molecule has 0 aliphatic carbocycles. The Morgan fingerprint density at radius 3 is 3.11 bits per heavy atom. The molecular formula is C13H20N2O3. The van der Waals surface area contributed by atoms with Crippen molar-refractivity contribution in [3.05, 3.63) is 23.9 Å². The number of hydrogen-bond donors (Lipinski definition) is 1. The highest BCUT2D eigenvalue weighted by Gasteiger charge is 2.32. The number of nitrogens with zero attached hydrogens (tertiary/aromatic N) is 1. The van der Waals surface area contributed by atoms with Crippen molar-refractivity contribution in [1.82, 2.24) is 4.98 Å². The number of methoxy groups -OCH3 is 1. The molecule has 0 saturated carbocycles. The Kier molecular flexibility index (Phi) is 4.52. The highest BCUT2D eigenvalue weighted by molar-refractivity contribution is 5.24. The maximum Gasteiger partial charge on any atom is 0.218 e. The van der Waals surface area contributed by atoms with Gasteiger partial charge in [-0.2, -0.15) is 0 Å². The van der Waals surface area contributed by atoms with Gasteiger partial charge in [-0.3, -0.25) is 0 Å². The minimum atomic E-state index is -0.362. The molecule has 2 heterocycles. The van der Waals surface area contributed by atoms with E-state index >= 15 is 0 Å². The molecule has 2 N–H and O–H groups in total. The van der Waals surface area contributed by atoms with Gasteiger partial charge in [0.25, 0.3) is 0 Å². The third-order valence-electron chi connectivity index (χ3n) is 3.24. The number of ether oxygens (including phenoxy) is 3. The Hall–Kier alpha value is -1.17. The molecule has 1 aliphatic rings. The van der Waals surface area contributed by atoms with Crippen molar-refractivity contribution in [3.8, 4) is 5.88 Å². The van der Waals surface area contributed by atoms with E-state index in [-0.39, 0.29) is 5.60 Å². The van der Waals surface area contributed by atoms with Gasteiger partial charge in [0, 0.05) is 24.9 Å². The van der Waals surface area contributed by atoms with Gasteiger partial charge in [-0.05, 0) is 25.0 Å². The summed E-state index contributed by atoms with van der Waals surface area (Å²) in [6, 6.07) is 3.81. The normalized spacial score (nSPS) is 23.9. The van der Waals surface area contributed by atoms with E-state index < -0.39 is 0 Å². The average Bonchev–Trinajstić information content (AvgIpc) is 2.46. The molecule has 2 rings (SSSR count). The average molecular weight is 252 g/mol. The zero-order chi connectivity index (χ0) is 12.8. The topological polar surface area (TPSA) is 66.6 Å². The van der Waals surface area contributed by atoms with E-state index in [9.17, 15) is 0 Å². The van der Waals surface area contributed by atoms with Gasteiger partial charge in [-0.1, -0.05) is 0 Å². The summed E-state index contributed by atoms with van der Waals surface area (Å²) in [6.07, 6.45) is 3.62. The number of nitrogens with two attached hydrogens (primary N) is 1. The van der Waals surface area contributed by atoms with Crippen LogP contribution in [0.4, 0.5) is 0 Å². The van der Waals surface area contributed by atoms with E-state index in [1.54, 1.807) is 13.3 Å². The first-order chi connectivity index (χ1) is 8.79. The fraction of sp³-hybridized carbons (Fsp3) is 0.615. The monoisotopic (exact) mass is 252 g/mol. The Morgan fingerprint density at radius 2 is 2.44 bits per heavy atom. The molecule has 1 aromatic heterocycles. The molecule has 100 valence electrons. The summed E-state index contributed by atoms with van der Waals surface area (Å²) in [5.74, 6) is 0.599. The maximum absolute atomic E-state index is 5.98. The van der Waals surface area contributed by atoms with E-state index in [2.05, 4.69) is 4.98 Å². The largest absolute Gasteiger partial charge is 0.481 e. The van der Waals surface area contributed by atoms with Crippen molar-refractivity contribution in [1.29, 1.82) is 0 Å². The molecule has 1 atom stereocenters. The molecule has 5 nitrogen and oxygen atoms in total. The number of pyridine rings is 1. The van der Waals surface area contributed by atoms with Crippen LogP contribution in [-0.2, 0) is 16.1 Å². The van der Waals surface area contributed by atoms with Crippen molar-refractivity contribution in [2.45, 2.75) is 25.0 Å². The molecule has 0 radical (unpaired) electrons. The standard InChI is InChI=1S/C13H20N2O3/c1-16-12-11(4-2-6-15-12)8-18-13(9-14)5-3-7-17-10-13/h2,4,6H,3,5,7-10,14H2,1H3. The molecule has 1 fully saturated rings. The number of hydrogen-bond acceptors (Lipinski definition) is 5. The summed E-state index contributed by atoms with van der Waals surface area (Å²) in [5, 5.41) is 0. The molecule has 1 unspecified atom stereocenters. The second-order valence-corrected chi connectivity index (χ2v) is 4.50. The van der Waals surface area contributed by atoms with Gasteiger partial charge in [-0.25, -0.2) is 4.98 Å². The second-order valence-electron chi connectivity index (χ2n) is 4.50. The smallest absolute Gasteiger partial charge is 0.218 e. The van der Waals surface area contributed by atoms with E-state index in [0.29, 0.717) is 25.6 Å². The van der Waals surface area contributed by atoms with E-state index in [4.69, 9.17) is 19.9 Å². The molecule has 0 spiro atoms. The number of aromatic nitrogens is 1. The van der Waals surface area contributed by atoms with E-state index in [0.717, 1.165) is 25.0 Å². The van der Waals surface area contributed by atoms with E-state index in [1.165, 1.54) is 0 Å².